The zero-order valence-electron chi connectivity index (χ0n) is 12.9. The number of piperidine rings is 1. The van der Waals surface area contributed by atoms with Gasteiger partial charge in [0, 0.05) is 18.9 Å². The molecule has 22 heavy (non-hydrogen) atoms. The van der Waals surface area contributed by atoms with Gasteiger partial charge in [-0.2, -0.15) is 0 Å². The van der Waals surface area contributed by atoms with Gasteiger partial charge in [0.05, 0.1) is 5.54 Å². The molecule has 1 heterocycles. The Kier molecular flexibility index (Phi) is 4.46. The summed E-state index contributed by atoms with van der Waals surface area (Å²) in [5.41, 5.74) is 0.991. The van der Waals surface area contributed by atoms with Crippen LogP contribution in [0.2, 0.25) is 0 Å². The lowest BCUT2D eigenvalue weighted by atomic mass is 9.87. The predicted octanol–water partition coefficient (Wildman–Crippen LogP) is 2.63. The molecule has 1 aromatic carbocycles. The van der Waals surface area contributed by atoms with E-state index in [0.29, 0.717) is 12.8 Å². The fourth-order valence-corrected chi connectivity index (χ4v) is 3.80. The van der Waals surface area contributed by atoms with Crippen LogP contribution in [0.5, 0.6) is 0 Å². The first-order valence-electron chi connectivity index (χ1n) is 8.34. The smallest absolute Gasteiger partial charge is 0.222 e. The maximum atomic E-state index is 12.5. The van der Waals surface area contributed by atoms with Crippen molar-refractivity contribution in [3.8, 4) is 0 Å². The summed E-state index contributed by atoms with van der Waals surface area (Å²) in [4.78, 5) is 23.9. The van der Waals surface area contributed by atoms with Crippen LogP contribution in [-0.4, -0.2) is 17.9 Å². The van der Waals surface area contributed by atoms with Gasteiger partial charge in [0.2, 0.25) is 11.8 Å². The van der Waals surface area contributed by atoms with E-state index in [1.54, 1.807) is 0 Å². The molecule has 0 radical (unpaired) electrons. The van der Waals surface area contributed by atoms with Crippen LogP contribution in [0.25, 0.3) is 0 Å². The van der Waals surface area contributed by atoms with Gasteiger partial charge in [0.15, 0.2) is 0 Å². The molecule has 3 rings (SSSR count). The van der Waals surface area contributed by atoms with Crippen LogP contribution in [0.15, 0.2) is 30.3 Å². The Hall–Kier alpha value is -1.84. The molecule has 2 N–H and O–H groups in total. The molecule has 2 amide bonds. The summed E-state index contributed by atoms with van der Waals surface area (Å²) in [7, 11) is 0. The summed E-state index contributed by atoms with van der Waals surface area (Å²) in [5.74, 6) is 0.126. The van der Waals surface area contributed by atoms with E-state index in [4.69, 9.17) is 0 Å². The van der Waals surface area contributed by atoms with Gasteiger partial charge in [-0.15, -0.1) is 0 Å². The van der Waals surface area contributed by atoms with Crippen LogP contribution in [0, 0.1) is 0 Å². The zero-order valence-corrected chi connectivity index (χ0v) is 12.9. The molecule has 1 unspecified atom stereocenters. The molecule has 2 fully saturated rings. The maximum absolute atomic E-state index is 12.5. The van der Waals surface area contributed by atoms with Crippen molar-refractivity contribution in [1.82, 2.24) is 10.6 Å². The van der Waals surface area contributed by atoms with Crippen LogP contribution in [0.3, 0.4) is 0 Å². The first-order valence-corrected chi connectivity index (χ1v) is 8.34. The van der Waals surface area contributed by atoms with Gasteiger partial charge in [-0.25, -0.2) is 0 Å². The van der Waals surface area contributed by atoms with Gasteiger partial charge in [-0.1, -0.05) is 43.2 Å². The number of hydrogen-bond acceptors (Lipinski definition) is 2. The Morgan fingerprint density at radius 2 is 1.91 bits per heavy atom. The van der Waals surface area contributed by atoms with Crippen molar-refractivity contribution in [2.24, 2.45) is 0 Å². The molecule has 1 saturated heterocycles. The fraction of sp³-hybridized carbons (Fsp3) is 0.556. The predicted molar refractivity (Wildman–Crippen MR) is 85.1 cm³/mol. The van der Waals surface area contributed by atoms with Crippen molar-refractivity contribution in [1.29, 1.82) is 0 Å². The van der Waals surface area contributed by atoms with Gasteiger partial charge in [0.25, 0.3) is 0 Å². The Morgan fingerprint density at radius 3 is 2.59 bits per heavy atom. The molecule has 1 aromatic rings. The first-order chi connectivity index (χ1) is 10.7. The Morgan fingerprint density at radius 1 is 1.18 bits per heavy atom. The summed E-state index contributed by atoms with van der Waals surface area (Å²) in [6, 6.07) is 10.3. The highest BCUT2D eigenvalue weighted by molar-refractivity contribution is 5.81. The van der Waals surface area contributed by atoms with Crippen molar-refractivity contribution >= 4 is 11.8 Å². The minimum absolute atomic E-state index is 0.00419. The van der Waals surface area contributed by atoms with Gasteiger partial charge in [0.1, 0.15) is 0 Å². The van der Waals surface area contributed by atoms with Crippen LogP contribution in [0.4, 0.5) is 0 Å². The lowest BCUT2D eigenvalue weighted by Crippen LogP contribution is -2.47. The summed E-state index contributed by atoms with van der Waals surface area (Å²) >= 11 is 0. The Balaban J connectivity index is 1.66. The molecule has 0 bridgehead atoms. The largest absolute Gasteiger partial charge is 0.353 e. The van der Waals surface area contributed by atoms with Crippen LogP contribution in [0.1, 0.15) is 56.9 Å². The van der Waals surface area contributed by atoms with Crippen molar-refractivity contribution in [3.05, 3.63) is 35.9 Å². The molecular weight excluding hydrogens is 276 g/mol. The average Bonchev–Trinajstić information content (AvgIpc) is 2.98. The number of rotatable bonds is 4. The molecule has 1 aliphatic heterocycles. The molecule has 1 saturated carbocycles. The van der Waals surface area contributed by atoms with Crippen LogP contribution < -0.4 is 10.6 Å². The van der Waals surface area contributed by atoms with E-state index < -0.39 is 0 Å². The van der Waals surface area contributed by atoms with Crippen molar-refractivity contribution in [2.75, 3.05) is 0 Å². The second-order valence-corrected chi connectivity index (χ2v) is 6.56. The van der Waals surface area contributed by atoms with Gasteiger partial charge in [-0.05, 0) is 31.2 Å². The number of benzene rings is 1. The van der Waals surface area contributed by atoms with Gasteiger partial charge in [-0.3, -0.25) is 9.59 Å². The SMILES string of the molecule is O=C1CCCC(CC(=O)NC2(c3ccccc3)CCCC2)N1. The quantitative estimate of drug-likeness (QED) is 0.898. The van der Waals surface area contributed by atoms with Gasteiger partial charge < -0.3 is 10.6 Å². The Bertz CT molecular complexity index is 535. The highest BCUT2D eigenvalue weighted by atomic mass is 16.2. The molecular formula is C18H24N2O2. The topological polar surface area (TPSA) is 58.2 Å². The third-order valence-corrected chi connectivity index (χ3v) is 4.92. The lowest BCUT2D eigenvalue weighted by Gasteiger charge is -2.32. The zero-order chi connectivity index (χ0) is 15.4. The summed E-state index contributed by atoms with van der Waals surface area (Å²) in [6.07, 6.45) is 7.06. The molecule has 4 heteroatoms. The van der Waals surface area contributed by atoms with E-state index in [1.807, 2.05) is 18.2 Å². The first kappa shape index (κ1) is 15.1. The number of carbonyl (C=O) groups excluding carboxylic acids is 2. The third kappa shape index (κ3) is 3.32. The van der Waals surface area contributed by atoms with E-state index in [-0.39, 0.29) is 23.4 Å². The van der Waals surface area contributed by atoms with E-state index in [9.17, 15) is 9.59 Å². The monoisotopic (exact) mass is 300 g/mol. The molecule has 4 nitrogen and oxygen atoms in total. The molecule has 1 atom stereocenters. The summed E-state index contributed by atoms with van der Waals surface area (Å²) in [6.45, 7) is 0. The van der Waals surface area contributed by atoms with E-state index >= 15 is 0 Å². The highest BCUT2D eigenvalue weighted by Crippen LogP contribution is 2.38. The van der Waals surface area contributed by atoms with E-state index in [1.165, 1.54) is 5.56 Å². The van der Waals surface area contributed by atoms with E-state index in [0.717, 1.165) is 38.5 Å². The molecule has 0 spiro atoms. The average molecular weight is 300 g/mol. The number of hydrogen-bond donors (Lipinski definition) is 2. The minimum atomic E-state index is -0.211. The molecule has 1 aliphatic carbocycles. The second kappa shape index (κ2) is 6.51. The number of carbonyl (C=O) groups is 2. The standard InChI is InChI=1S/C18H24N2O2/c21-16-10-6-9-15(19-16)13-17(22)20-18(11-4-5-12-18)14-7-2-1-3-8-14/h1-3,7-8,15H,4-6,9-13H2,(H,19,21)(H,20,22). The van der Waals surface area contributed by atoms with Crippen LogP contribution >= 0.6 is 0 Å². The van der Waals surface area contributed by atoms with Gasteiger partial charge >= 0.3 is 0 Å². The summed E-state index contributed by atoms with van der Waals surface area (Å²) < 4.78 is 0. The minimum Gasteiger partial charge on any atom is -0.353 e. The van der Waals surface area contributed by atoms with E-state index in [2.05, 4.69) is 22.8 Å². The summed E-state index contributed by atoms with van der Waals surface area (Å²) in [5, 5.41) is 6.21. The van der Waals surface area contributed by atoms with Crippen molar-refractivity contribution < 1.29 is 9.59 Å². The normalized spacial score (nSPS) is 23.8. The third-order valence-electron chi connectivity index (χ3n) is 4.92. The Labute approximate surface area is 131 Å². The number of amides is 2. The fourth-order valence-electron chi connectivity index (χ4n) is 3.80. The number of nitrogens with one attached hydrogen (secondary N) is 2. The van der Waals surface area contributed by atoms with Crippen molar-refractivity contribution in [3.63, 3.8) is 0 Å². The van der Waals surface area contributed by atoms with Crippen molar-refractivity contribution in [2.45, 2.75) is 62.9 Å². The molecule has 0 aromatic heterocycles. The molecule has 2 aliphatic rings. The molecule has 118 valence electrons. The highest BCUT2D eigenvalue weighted by Gasteiger charge is 2.37. The second-order valence-electron chi connectivity index (χ2n) is 6.56. The maximum Gasteiger partial charge on any atom is 0.222 e. The lowest BCUT2D eigenvalue weighted by molar-refractivity contribution is -0.126. The van der Waals surface area contributed by atoms with Crippen LogP contribution in [-0.2, 0) is 15.1 Å².